The Balaban J connectivity index is 1.70. The first kappa shape index (κ1) is 11.2. The fourth-order valence-corrected chi connectivity index (χ4v) is 2.73. The summed E-state index contributed by atoms with van der Waals surface area (Å²) in [6.45, 7) is 0. The van der Waals surface area contributed by atoms with Gasteiger partial charge in [-0.1, -0.05) is 54.6 Å². The Hall–Kier alpha value is -1.89. The van der Waals surface area contributed by atoms with Crippen molar-refractivity contribution < 1.29 is 4.79 Å². The smallest absolute Gasteiger partial charge is 0.140 e. The van der Waals surface area contributed by atoms with Crippen LogP contribution in [0.5, 0.6) is 0 Å². The molecule has 18 heavy (non-hydrogen) atoms. The van der Waals surface area contributed by atoms with Crippen LogP contribution in [0.2, 0.25) is 0 Å². The first-order valence-corrected chi connectivity index (χ1v) is 6.46. The van der Waals surface area contributed by atoms with Gasteiger partial charge in [-0.2, -0.15) is 0 Å². The van der Waals surface area contributed by atoms with E-state index in [1.165, 1.54) is 11.1 Å². The van der Waals surface area contributed by atoms with Gasteiger partial charge in [0.2, 0.25) is 0 Å². The number of hydrogen-bond donors (Lipinski definition) is 0. The van der Waals surface area contributed by atoms with Crippen LogP contribution in [0, 0.1) is 5.92 Å². The average Bonchev–Trinajstić information content (AvgIpc) is 2.84. The van der Waals surface area contributed by atoms with Crippen LogP contribution in [-0.4, -0.2) is 5.78 Å². The van der Waals surface area contributed by atoms with Crippen molar-refractivity contribution in [3.8, 4) is 0 Å². The van der Waals surface area contributed by atoms with Gasteiger partial charge in [0.1, 0.15) is 5.78 Å². The molecule has 0 fully saturated rings. The number of Topliss-reactive ketones (excluding diaryl/α,β-unsaturated/α-hetero) is 1. The number of ketones is 1. The molecule has 90 valence electrons. The quantitative estimate of drug-likeness (QED) is 0.799. The summed E-state index contributed by atoms with van der Waals surface area (Å²) in [5.74, 6) is 0.556. The first-order chi connectivity index (χ1) is 8.83. The molecule has 0 N–H and O–H groups in total. The summed E-state index contributed by atoms with van der Waals surface area (Å²) in [5, 5.41) is 0. The Morgan fingerprint density at radius 1 is 0.889 bits per heavy atom. The maximum atomic E-state index is 12.3. The Bertz CT molecular complexity index is 532. The van der Waals surface area contributed by atoms with Crippen molar-refractivity contribution in [3.63, 3.8) is 0 Å². The summed E-state index contributed by atoms with van der Waals surface area (Å²) in [6, 6.07) is 18.4. The van der Waals surface area contributed by atoms with E-state index in [0.717, 1.165) is 18.4 Å². The SMILES string of the molecule is O=C(Cc1ccccc1)C1Cc2ccccc2C1. The minimum atomic E-state index is 0.183. The molecule has 0 heterocycles. The topological polar surface area (TPSA) is 17.1 Å². The van der Waals surface area contributed by atoms with Crippen LogP contribution in [0.1, 0.15) is 16.7 Å². The standard InChI is InChI=1S/C17H16O/c18-17(10-13-6-2-1-3-7-13)16-11-14-8-4-5-9-15(14)12-16/h1-9,16H,10-12H2. The fourth-order valence-electron chi connectivity index (χ4n) is 2.73. The molecule has 0 bridgehead atoms. The monoisotopic (exact) mass is 236 g/mol. The first-order valence-electron chi connectivity index (χ1n) is 6.46. The molecule has 0 aliphatic heterocycles. The van der Waals surface area contributed by atoms with Crippen molar-refractivity contribution in [1.82, 2.24) is 0 Å². The summed E-state index contributed by atoms with van der Waals surface area (Å²) in [6.07, 6.45) is 2.41. The Morgan fingerprint density at radius 3 is 2.06 bits per heavy atom. The van der Waals surface area contributed by atoms with Gasteiger partial charge in [-0.25, -0.2) is 0 Å². The van der Waals surface area contributed by atoms with Crippen LogP contribution in [-0.2, 0) is 24.1 Å². The van der Waals surface area contributed by atoms with Gasteiger partial charge >= 0.3 is 0 Å². The molecular formula is C17H16O. The van der Waals surface area contributed by atoms with E-state index in [-0.39, 0.29) is 5.92 Å². The van der Waals surface area contributed by atoms with Gasteiger partial charge in [0.15, 0.2) is 0 Å². The van der Waals surface area contributed by atoms with Crippen LogP contribution >= 0.6 is 0 Å². The van der Waals surface area contributed by atoms with Gasteiger partial charge in [-0.3, -0.25) is 4.79 Å². The largest absolute Gasteiger partial charge is 0.299 e. The second kappa shape index (κ2) is 4.77. The predicted molar refractivity (Wildman–Crippen MR) is 72.5 cm³/mol. The van der Waals surface area contributed by atoms with Gasteiger partial charge in [0.25, 0.3) is 0 Å². The van der Waals surface area contributed by atoms with Gasteiger partial charge in [0, 0.05) is 12.3 Å². The molecule has 0 unspecified atom stereocenters. The summed E-state index contributed by atoms with van der Waals surface area (Å²) >= 11 is 0. The lowest BCUT2D eigenvalue weighted by Crippen LogP contribution is -2.17. The van der Waals surface area contributed by atoms with E-state index in [1.54, 1.807) is 0 Å². The van der Waals surface area contributed by atoms with Gasteiger partial charge in [-0.15, -0.1) is 0 Å². The highest BCUT2D eigenvalue weighted by atomic mass is 16.1. The second-order valence-corrected chi connectivity index (χ2v) is 5.00. The maximum Gasteiger partial charge on any atom is 0.140 e. The highest BCUT2D eigenvalue weighted by Crippen LogP contribution is 2.27. The zero-order valence-corrected chi connectivity index (χ0v) is 10.3. The van der Waals surface area contributed by atoms with Crippen molar-refractivity contribution >= 4 is 5.78 Å². The molecule has 2 aromatic rings. The minimum Gasteiger partial charge on any atom is -0.299 e. The third-order valence-electron chi connectivity index (χ3n) is 3.73. The van der Waals surface area contributed by atoms with E-state index in [4.69, 9.17) is 0 Å². The van der Waals surface area contributed by atoms with Crippen LogP contribution in [0.15, 0.2) is 54.6 Å². The van der Waals surface area contributed by atoms with E-state index in [0.29, 0.717) is 12.2 Å². The molecule has 2 aromatic carbocycles. The van der Waals surface area contributed by atoms with Crippen LogP contribution in [0.4, 0.5) is 0 Å². The van der Waals surface area contributed by atoms with Crippen LogP contribution in [0.3, 0.4) is 0 Å². The third kappa shape index (κ3) is 2.21. The minimum absolute atomic E-state index is 0.183. The number of carbonyl (C=O) groups is 1. The van der Waals surface area contributed by atoms with Gasteiger partial charge < -0.3 is 0 Å². The number of benzene rings is 2. The third-order valence-corrected chi connectivity index (χ3v) is 3.73. The normalized spacial score (nSPS) is 14.4. The predicted octanol–water partition coefficient (Wildman–Crippen LogP) is 3.21. The van der Waals surface area contributed by atoms with Crippen LogP contribution in [0.25, 0.3) is 0 Å². The molecule has 1 aliphatic rings. The molecule has 1 nitrogen and oxygen atoms in total. The molecule has 0 radical (unpaired) electrons. The molecule has 0 spiro atoms. The highest BCUT2D eigenvalue weighted by molar-refractivity contribution is 5.84. The van der Waals surface area contributed by atoms with Crippen molar-refractivity contribution in [2.24, 2.45) is 5.92 Å². The fraction of sp³-hybridized carbons (Fsp3) is 0.235. The zero-order chi connectivity index (χ0) is 12.4. The molecule has 1 heteroatoms. The van der Waals surface area contributed by atoms with Gasteiger partial charge in [-0.05, 0) is 29.5 Å². The van der Waals surface area contributed by atoms with Gasteiger partial charge in [0.05, 0.1) is 0 Å². The van der Waals surface area contributed by atoms with E-state index in [9.17, 15) is 4.79 Å². The van der Waals surface area contributed by atoms with E-state index in [2.05, 4.69) is 24.3 Å². The van der Waals surface area contributed by atoms with E-state index < -0.39 is 0 Å². The Morgan fingerprint density at radius 2 is 1.44 bits per heavy atom. The molecule has 3 rings (SSSR count). The molecule has 1 aliphatic carbocycles. The van der Waals surface area contributed by atoms with Crippen molar-refractivity contribution in [3.05, 3.63) is 71.3 Å². The van der Waals surface area contributed by atoms with Crippen molar-refractivity contribution in [2.45, 2.75) is 19.3 Å². The Labute approximate surface area is 107 Å². The maximum absolute atomic E-state index is 12.3. The molecule has 0 saturated heterocycles. The summed E-state index contributed by atoms with van der Waals surface area (Å²) in [5.41, 5.74) is 3.83. The summed E-state index contributed by atoms with van der Waals surface area (Å²) < 4.78 is 0. The lowest BCUT2D eigenvalue weighted by Gasteiger charge is -2.07. The van der Waals surface area contributed by atoms with Crippen LogP contribution < -0.4 is 0 Å². The number of rotatable bonds is 3. The highest BCUT2D eigenvalue weighted by Gasteiger charge is 2.26. The lowest BCUT2D eigenvalue weighted by molar-refractivity contribution is -0.121. The van der Waals surface area contributed by atoms with E-state index >= 15 is 0 Å². The number of carbonyl (C=O) groups excluding carboxylic acids is 1. The molecule has 0 amide bonds. The number of hydrogen-bond acceptors (Lipinski definition) is 1. The Kier molecular flexibility index (Phi) is 2.97. The van der Waals surface area contributed by atoms with E-state index in [1.807, 2.05) is 30.3 Å². The molecule has 0 aromatic heterocycles. The molecular weight excluding hydrogens is 220 g/mol. The number of fused-ring (bicyclic) bond motifs is 1. The average molecular weight is 236 g/mol. The zero-order valence-electron chi connectivity index (χ0n) is 10.3. The second-order valence-electron chi connectivity index (χ2n) is 5.00. The van der Waals surface area contributed by atoms with Crippen molar-refractivity contribution in [2.75, 3.05) is 0 Å². The summed E-state index contributed by atoms with van der Waals surface area (Å²) in [4.78, 5) is 12.3. The van der Waals surface area contributed by atoms with Crippen molar-refractivity contribution in [1.29, 1.82) is 0 Å². The molecule has 0 atom stereocenters. The lowest BCUT2D eigenvalue weighted by atomic mass is 9.95. The summed E-state index contributed by atoms with van der Waals surface area (Å²) in [7, 11) is 0. The molecule has 0 saturated carbocycles.